The highest BCUT2D eigenvalue weighted by atomic mass is 16.3. The van der Waals surface area contributed by atoms with Crippen molar-refractivity contribution < 1.29 is 8.83 Å². The first kappa shape index (κ1) is 28.3. The Kier molecular flexibility index (Phi) is 5.83. The largest absolute Gasteiger partial charge is 0.456 e. The molecule has 0 radical (unpaired) electrons. The summed E-state index contributed by atoms with van der Waals surface area (Å²) in [5, 5.41) is 8.15. The van der Waals surface area contributed by atoms with E-state index in [1.54, 1.807) is 0 Å². The molecule has 1 aliphatic carbocycles. The summed E-state index contributed by atoms with van der Waals surface area (Å²) in [7, 11) is 0. The number of nitrogens with zero attached hydrogens (tertiary/aromatic N) is 2. The number of rotatable bonds is 4. The normalized spacial score (nSPS) is 15.9. The number of anilines is 2. The van der Waals surface area contributed by atoms with Crippen LogP contribution in [0.15, 0.2) is 167 Å². The molecule has 4 nitrogen and oxygen atoms in total. The lowest BCUT2D eigenvalue weighted by Gasteiger charge is -2.43. The van der Waals surface area contributed by atoms with E-state index in [-0.39, 0.29) is 0 Å². The van der Waals surface area contributed by atoms with Gasteiger partial charge in [0.25, 0.3) is 0 Å². The third kappa shape index (κ3) is 4.20. The van der Waals surface area contributed by atoms with Crippen molar-refractivity contribution in [1.29, 1.82) is 0 Å². The Morgan fingerprint density at radius 1 is 0.529 bits per heavy atom. The quantitative estimate of drug-likeness (QED) is 0.189. The Morgan fingerprint density at radius 3 is 2.04 bits per heavy atom. The van der Waals surface area contributed by atoms with Crippen molar-refractivity contribution in [2.24, 2.45) is 0 Å². The molecule has 242 valence electrons. The second-order valence-electron chi connectivity index (χ2n) is 14.0. The molecule has 0 aliphatic heterocycles. The third-order valence-electron chi connectivity index (χ3n) is 10.9. The summed E-state index contributed by atoms with van der Waals surface area (Å²) in [6.45, 7) is 2.36. The number of hydrogen-bond donors (Lipinski definition) is 0. The van der Waals surface area contributed by atoms with Crippen LogP contribution in [0.4, 0.5) is 11.4 Å². The second kappa shape index (κ2) is 10.5. The van der Waals surface area contributed by atoms with Gasteiger partial charge in [-0.2, -0.15) is 0 Å². The van der Waals surface area contributed by atoms with Gasteiger partial charge < -0.3 is 18.3 Å². The summed E-state index contributed by atoms with van der Waals surface area (Å²) < 4.78 is 15.3. The average Bonchev–Trinajstić information content (AvgIpc) is 3.82. The van der Waals surface area contributed by atoms with E-state index in [4.69, 9.17) is 8.83 Å². The summed E-state index contributed by atoms with van der Waals surface area (Å²) in [4.78, 5) is 2.49. The lowest BCUT2D eigenvalue weighted by Crippen LogP contribution is -2.45. The van der Waals surface area contributed by atoms with Crippen LogP contribution in [0.5, 0.6) is 0 Å². The van der Waals surface area contributed by atoms with Gasteiger partial charge in [0.1, 0.15) is 22.3 Å². The third-order valence-corrected chi connectivity index (χ3v) is 10.9. The van der Waals surface area contributed by atoms with Crippen molar-refractivity contribution in [3.05, 3.63) is 169 Å². The molecule has 3 heterocycles. The minimum absolute atomic E-state index is 0.416. The Labute approximate surface area is 294 Å². The molecule has 4 heteroatoms. The molecule has 0 N–H and O–H groups in total. The molecule has 0 saturated heterocycles. The van der Waals surface area contributed by atoms with E-state index < -0.39 is 5.54 Å². The van der Waals surface area contributed by atoms with E-state index in [2.05, 4.69) is 168 Å². The Bertz CT molecular complexity index is 3030. The van der Waals surface area contributed by atoms with Crippen molar-refractivity contribution in [1.82, 2.24) is 4.57 Å². The van der Waals surface area contributed by atoms with Crippen LogP contribution in [0.25, 0.3) is 77.3 Å². The average molecular weight is 657 g/mol. The highest BCUT2D eigenvalue weighted by Gasteiger charge is 2.37. The van der Waals surface area contributed by atoms with Gasteiger partial charge in [-0.05, 0) is 96.1 Å². The minimum atomic E-state index is -0.416. The van der Waals surface area contributed by atoms with Gasteiger partial charge >= 0.3 is 0 Å². The first-order valence-corrected chi connectivity index (χ1v) is 17.5. The van der Waals surface area contributed by atoms with Crippen LogP contribution in [0, 0.1) is 0 Å². The fraction of sp³-hybridized carbons (Fsp3) is 0.0638. The topological polar surface area (TPSA) is 34.5 Å². The second-order valence-corrected chi connectivity index (χ2v) is 14.0. The summed E-state index contributed by atoms with van der Waals surface area (Å²) in [6.07, 6.45) is 5.53. The maximum Gasteiger partial charge on any atom is 0.137 e. The zero-order valence-electron chi connectivity index (χ0n) is 28.0. The fourth-order valence-corrected chi connectivity index (χ4v) is 8.55. The Morgan fingerprint density at radius 2 is 1.16 bits per heavy atom. The van der Waals surface area contributed by atoms with Crippen LogP contribution in [-0.4, -0.2) is 10.1 Å². The fourth-order valence-electron chi connectivity index (χ4n) is 8.55. The van der Waals surface area contributed by atoms with Gasteiger partial charge in [-0.25, -0.2) is 0 Å². The number of para-hydroxylation sites is 3. The molecule has 51 heavy (non-hydrogen) atoms. The van der Waals surface area contributed by atoms with Gasteiger partial charge in [0.15, 0.2) is 0 Å². The van der Waals surface area contributed by atoms with Crippen LogP contribution >= 0.6 is 0 Å². The minimum Gasteiger partial charge on any atom is -0.456 e. The van der Waals surface area contributed by atoms with Gasteiger partial charge in [0.05, 0.1) is 11.1 Å². The lowest BCUT2D eigenvalue weighted by atomic mass is 9.84. The molecule has 0 spiro atoms. The zero-order valence-corrected chi connectivity index (χ0v) is 28.0. The van der Waals surface area contributed by atoms with E-state index in [1.807, 2.05) is 12.1 Å². The van der Waals surface area contributed by atoms with Crippen molar-refractivity contribution in [3.8, 4) is 5.69 Å². The number of aromatic nitrogens is 1. The lowest BCUT2D eigenvalue weighted by molar-refractivity contribution is 0.560. The molecule has 1 unspecified atom stereocenters. The van der Waals surface area contributed by atoms with Crippen molar-refractivity contribution in [2.45, 2.75) is 18.9 Å². The predicted octanol–water partition coefficient (Wildman–Crippen LogP) is 12.7. The monoisotopic (exact) mass is 656 g/mol. The van der Waals surface area contributed by atoms with Crippen molar-refractivity contribution in [3.63, 3.8) is 0 Å². The Hall–Kier alpha value is -6.52. The maximum atomic E-state index is 6.63. The molecule has 1 aliphatic rings. The molecule has 0 saturated carbocycles. The van der Waals surface area contributed by atoms with Crippen LogP contribution < -0.4 is 4.90 Å². The van der Waals surface area contributed by atoms with Gasteiger partial charge in [0, 0.05) is 62.2 Å². The predicted molar refractivity (Wildman–Crippen MR) is 212 cm³/mol. The molecule has 7 aromatic carbocycles. The molecule has 11 rings (SSSR count). The number of fused-ring (bicyclic) bond motifs is 10. The molecule has 10 aromatic rings. The first-order chi connectivity index (χ1) is 25.1. The zero-order chi connectivity index (χ0) is 33.7. The first-order valence-electron chi connectivity index (χ1n) is 17.5. The highest BCUT2D eigenvalue weighted by Crippen LogP contribution is 2.46. The van der Waals surface area contributed by atoms with Gasteiger partial charge in [-0.1, -0.05) is 84.9 Å². The van der Waals surface area contributed by atoms with E-state index in [0.29, 0.717) is 0 Å². The molecule has 0 bridgehead atoms. The van der Waals surface area contributed by atoms with Gasteiger partial charge in [0.2, 0.25) is 0 Å². The number of furan rings is 2. The molecule has 1 atom stereocenters. The number of benzene rings is 7. The van der Waals surface area contributed by atoms with Crippen molar-refractivity contribution in [2.75, 3.05) is 4.90 Å². The molecule has 0 amide bonds. The van der Waals surface area contributed by atoms with E-state index in [9.17, 15) is 0 Å². The Balaban J connectivity index is 1.13. The van der Waals surface area contributed by atoms with E-state index >= 15 is 0 Å². The van der Waals surface area contributed by atoms with Gasteiger partial charge in [-0.15, -0.1) is 0 Å². The van der Waals surface area contributed by atoms with Crippen LogP contribution in [-0.2, 0) is 6.42 Å². The highest BCUT2D eigenvalue weighted by molar-refractivity contribution is 6.11. The van der Waals surface area contributed by atoms with Crippen LogP contribution in [0.2, 0.25) is 0 Å². The summed E-state index contributed by atoms with van der Waals surface area (Å²) in [6, 6.07) is 54.0. The van der Waals surface area contributed by atoms with E-state index in [0.717, 1.165) is 61.7 Å². The molecule has 3 aromatic heterocycles. The summed E-state index contributed by atoms with van der Waals surface area (Å²) in [5.74, 6) is 0. The molecular formula is C47H32N2O2. The van der Waals surface area contributed by atoms with Crippen LogP contribution in [0.3, 0.4) is 0 Å². The maximum absolute atomic E-state index is 6.63. The SMILES string of the molecule is CC1(N(c2ccc3c(c2)oc2cc4ccccc4cc23)c2ccc3oc4ccccc4c3c2)C=Cc2c(c3ccccc3n2-c2ccccc2)C1. The summed E-state index contributed by atoms with van der Waals surface area (Å²) in [5.41, 5.74) is 10.3. The molecular weight excluding hydrogens is 625 g/mol. The van der Waals surface area contributed by atoms with Crippen molar-refractivity contribution >= 4 is 83.0 Å². The van der Waals surface area contributed by atoms with E-state index in [1.165, 1.54) is 38.6 Å². The standard InChI is InChI=1S/C47H32N2O2/c1-47(24-23-42-40(29-47)35-15-7-9-17-41(35)48(42)32-13-3-2-4-14-32)49(33-20-22-44-39(27-33)36-16-8-10-18-43(36)50-44)34-19-21-37-38-25-30-11-5-6-12-31(30)26-45(38)51-46(37)28-34/h2-28H,29H2,1H3. The smallest absolute Gasteiger partial charge is 0.137 e. The molecule has 0 fully saturated rings. The van der Waals surface area contributed by atoms with Gasteiger partial charge in [-0.3, -0.25) is 0 Å². The number of hydrogen-bond acceptors (Lipinski definition) is 3. The summed E-state index contributed by atoms with van der Waals surface area (Å²) >= 11 is 0. The van der Waals surface area contributed by atoms with Crippen LogP contribution in [0.1, 0.15) is 18.2 Å².